The van der Waals surface area contributed by atoms with Crippen LogP contribution < -0.4 is 16.8 Å². The van der Waals surface area contributed by atoms with E-state index in [1.807, 2.05) is 7.05 Å². The predicted molar refractivity (Wildman–Crippen MR) is 101 cm³/mol. The summed E-state index contributed by atoms with van der Waals surface area (Å²) in [5.41, 5.74) is 11.0. The Morgan fingerprint density at radius 2 is 1.96 bits per heavy atom. The molecule has 0 fully saturated rings. The third-order valence-corrected chi connectivity index (χ3v) is 3.98. The summed E-state index contributed by atoms with van der Waals surface area (Å²) in [5, 5.41) is 14.7. The van der Waals surface area contributed by atoms with Crippen molar-refractivity contribution in [1.29, 1.82) is 0 Å². The van der Waals surface area contributed by atoms with Gasteiger partial charge >= 0.3 is 5.69 Å². The average Bonchev–Trinajstić information content (AvgIpc) is 2.52. The van der Waals surface area contributed by atoms with Gasteiger partial charge < -0.3 is 16.8 Å². The third kappa shape index (κ3) is 5.39. The van der Waals surface area contributed by atoms with Crippen molar-refractivity contribution in [2.24, 2.45) is 11.5 Å². The molecule has 24 heavy (non-hydrogen) atoms. The number of nitrogens with one attached hydrogen (secondary N) is 1. The van der Waals surface area contributed by atoms with E-state index in [1.165, 1.54) is 0 Å². The van der Waals surface area contributed by atoms with Crippen LogP contribution in [0.4, 0.5) is 5.69 Å². The van der Waals surface area contributed by atoms with E-state index in [0.29, 0.717) is 12.5 Å². The molecule has 10 heteroatoms. The lowest BCUT2D eigenvalue weighted by Gasteiger charge is -2.15. The van der Waals surface area contributed by atoms with E-state index in [-0.39, 0.29) is 32.9 Å². The molecule has 0 aromatic carbocycles. The molecule has 1 heterocycles. The van der Waals surface area contributed by atoms with E-state index in [2.05, 4.69) is 22.2 Å². The zero-order chi connectivity index (χ0) is 18.3. The Morgan fingerprint density at radius 1 is 1.29 bits per heavy atom. The summed E-state index contributed by atoms with van der Waals surface area (Å²) in [6.45, 7) is 2.11. The largest absolute Gasteiger partial charge is 0.388 e. The van der Waals surface area contributed by atoms with E-state index in [1.54, 1.807) is 0 Å². The molecule has 0 amide bonds. The molecule has 5 N–H and O–H groups in total. The average molecular weight is 371 g/mol. The number of aryl methyl sites for hydroxylation is 1. The minimum atomic E-state index is -0.561. The van der Waals surface area contributed by atoms with Crippen LogP contribution in [-0.2, 0) is 6.42 Å². The van der Waals surface area contributed by atoms with E-state index in [9.17, 15) is 10.1 Å². The maximum Gasteiger partial charge on any atom is 0.319 e. The lowest BCUT2D eigenvalue weighted by molar-refractivity contribution is -0.386. The molecule has 0 spiro atoms. The molecule has 1 unspecified atom stereocenters. The van der Waals surface area contributed by atoms with Crippen molar-refractivity contribution >= 4 is 40.1 Å². The van der Waals surface area contributed by atoms with Crippen LogP contribution in [0.3, 0.4) is 0 Å². The quantitative estimate of drug-likeness (QED) is 0.317. The van der Waals surface area contributed by atoms with Crippen molar-refractivity contribution in [3.63, 3.8) is 0 Å². The van der Waals surface area contributed by atoms with Gasteiger partial charge in [0.1, 0.15) is 15.7 Å². The fraction of sp³-hybridized carbons (Fsp3) is 0.571. The van der Waals surface area contributed by atoms with Crippen molar-refractivity contribution in [2.45, 2.75) is 45.1 Å². The van der Waals surface area contributed by atoms with Crippen molar-refractivity contribution < 1.29 is 4.92 Å². The highest BCUT2D eigenvalue weighted by atomic mass is 32.1. The first-order valence-corrected chi connectivity index (χ1v) is 8.45. The lowest BCUT2D eigenvalue weighted by Crippen LogP contribution is -2.25. The molecule has 132 valence electrons. The van der Waals surface area contributed by atoms with E-state index < -0.39 is 4.92 Å². The summed E-state index contributed by atoms with van der Waals surface area (Å²) in [4.78, 5) is 18.7. The summed E-state index contributed by atoms with van der Waals surface area (Å²) >= 11 is 9.74. The van der Waals surface area contributed by atoms with Gasteiger partial charge in [-0.3, -0.25) is 10.1 Å². The van der Waals surface area contributed by atoms with Gasteiger partial charge in [0.05, 0.1) is 4.92 Å². The van der Waals surface area contributed by atoms with Crippen LogP contribution in [0.15, 0.2) is 0 Å². The van der Waals surface area contributed by atoms with Crippen molar-refractivity contribution in [2.75, 3.05) is 7.05 Å². The lowest BCUT2D eigenvalue weighted by atomic mass is 10.0. The molecule has 1 rings (SSSR count). The molecule has 8 nitrogen and oxygen atoms in total. The second kappa shape index (κ2) is 9.50. The van der Waals surface area contributed by atoms with Crippen LogP contribution in [0.2, 0.25) is 0 Å². The number of nitrogens with zero attached hydrogens (tertiary/aromatic N) is 3. The summed E-state index contributed by atoms with van der Waals surface area (Å²) in [7, 11) is 1.91. The maximum absolute atomic E-state index is 11.4. The summed E-state index contributed by atoms with van der Waals surface area (Å²) in [6, 6.07) is 0.362. The molecule has 0 radical (unpaired) electrons. The molecule has 1 aromatic rings. The normalized spacial score (nSPS) is 11.9. The molecule has 1 aromatic heterocycles. The minimum Gasteiger partial charge on any atom is -0.388 e. The molecular formula is C14H22N6O2S2. The van der Waals surface area contributed by atoms with Gasteiger partial charge in [-0.2, -0.15) is 0 Å². The number of hydrogen-bond donors (Lipinski definition) is 3. The van der Waals surface area contributed by atoms with Gasteiger partial charge in [-0.05, 0) is 32.7 Å². The van der Waals surface area contributed by atoms with Gasteiger partial charge in [0.25, 0.3) is 0 Å². The van der Waals surface area contributed by atoms with E-state index >= 15 is 0 Å². The predicted octanol–water partition coefficient (Wildman–Crippen LogP) is 1.36. The van der Waals surface area contributed by atoms with E-state index in [4.69, 9.17) is 35.9 Å². The standard InChI is InChI=1S/C14H22N6O2S2/c1-3-5-8(17-2)6-4-7-9-11(20(21)22)10(12(15)23)19-14(18-9)13(16)24/h8,17H,3-7H2,1-2H3,(H2,15,23)(H2,16,24). The van der Waals surface area contributed by atoms with Crippen molar-refractivity contribution in [3.8, 4) is 0 Å². The Labute approximate surface area is 151 Å². The van der Waals surface area contributed by atoms with Gasteiger partial charge in [-0.1, -0.05) is 37.8 Å². The van der Waals surface area contributed by atoms with Gasteiger partial charge in [0.15, 0.2) is 11.5 Å². The number of hydrogen-bond acceptors (Lipinski definition) is 7. The van der Waals surface area contributed by atoms with Crippen LogP contribution in [0.1, 0.15) is 49.8 Å². The van der Waals surface area contributed by atoms with Gasteiger partial charge in [-0.15, -0.1) is 0 Å². The monoisotopic (exact) mass is 370 g/mol. The number of nitro groups is 1. The first-order valence-electron chi connectivity index (χ1n) is 7.63. The topological polar surface area (TPSA) is 133 Å². The van der Waals surface area contributed by atoms with E-state index in [0.717, 1.165) is 25.7 Å². The second-order valence-corrected chi connectivity index (χ2v) is 6.22. The Bertz CT molecular complexity index is 638. The summed E-state index contributed by atoms with van der Waals surface area (Å²) in [5.74, 6) is 0.0483. The minimum absolute atomic E-state index is 0.0483. The van der Waals surface area contributed by atoms with Gasteiger partial charge in [0, 0.05) is 6.04 Å². The summed E-state index contributed by atoms with van der Waals surface area (Å²) in [6.07, 6.45) is 4.09. The molecule has 0 bridgehead atoms. The number of nitrogens with two attached hydrogens (primary N) is 2. The van der Waals surface area contributed by atoms with Crippen LogP contribution in [-0.4, -0.2) is 38.0 Å². The Balaban J connectivity index is 3.12. The zero-order valence-corrected chi connectivity index (χ0v) is 15.4. The molecule has 1 atom stereocenters. The van der Waals surface area contributed by atoms with Crippen LogP contribution >= 0.6 is 24.4 Å². The number of rotatable bonds is 10. The van der Waals surface area contributed by atoms with Crippen LogP contribution in [0.25, 0.3) is 0 Å². The Morgan fingerprint density at radius 3 is 2.42 bits per heavy atom. The SMILES string of the molecule is CCCC(CCCc1nc(C(N)=S)nc(C(N)=S)c1[N+](=O)[O-])NC. The number of aromatic nitrogens is 2. The summed E-state index contributed by atoms with van der Waals surface area (Å²) < 4.78 is 0. The van der Waals surface area contributed by atoms with Gasteiger partial charge in [0.2, 0.25) is 0 Å². The zero-order valence-electron chi connectivity index (χ0n) is 13.7. The Kier molecular flexibility index (Phi) is 8.02. The molecule has 0 aliphatic rings. The highest BCUT2D eigenvalue weighted by molar-refractivity contribution is 7.81. The fourth-order valence-electron chi connectivity index (χ4n) is 2.45. The molecule has 0 saturated heterocycles. The van der Waals surface area contributed by atoms with Crippen LogP contribution in [0.5, 0.6) is 0 Å². The number of thiocarbonyl (C=S) groups is 2. The second-order valence-electron chi connectivity index (χ2n) is 5.34. The highest BCUT2D eigenvalue weighted by Crippen LogP contribution is 2.23. The first kappa shape index (κ1) is 20.3. The van der Waals surface area contributed by atoms with Crippen molar-refractivity contribution in [1.82, 2.24) is 15.3 Å². The maximum atomic E-state index is 11.4. The van der Waals surface area contributed by atoms with Crippen LogP contribution in [0, 0.1) is 10.1 Å². The molecule has 0 saturated carbocycles. The van der Waals surface area contributed by atoms with Crippen molar-refractivity contribution in [3.05, 3.63) is 27.3 Å². The van der Waals surface area contributed by atoms with Gasteiger partial charge in [-0.25, -0.2) is 9.97 Å². The first-order chi connectivity index (χ1) is 11.3. The highest BCUT2D eigenvalue weighted by Gasteiger charge is 2.26. The third-order valence-electron chi connectivity index (χ3n) is 3.60. The molecular weight excluding hydrogens is 348 g/mol. The smallest absolute Gasteiger partial charge is 0.319 e. The Hall–Kier alpha value is -1.78. The fourth-order valence-corrected chi connectivity index (χ4v) is 2.68. The molecule has 0 aliphatic heterocycles. The molecule has 0 aliphatic carbocycles.